The van der Waals surface area contributed by atoms with E-state index in [2.05, 4.69) is 22.5 Å². The van der Waals surface area contributed by atoms with Gasteiger partial charge in [-0.25, -0.2) is 0 Å². The van der Waals surface area contributed by atoms with Crippen LogP contribution in [0.4, 0.5) is 5.69 Å². The second kappa shape index (κ2) is 12.2. The van der Waals surface area contributed by atoms with E-state index in [1.54, 1.807) is 29.3 Å². The summed E-state index contributed by atoms with van der Waals surface area (Å²) in [6, 6.07) is 10.0. The number of carbonyl (C=O) groups is 3. The first-order chi connectivity index (χ1) is 16.4. The third-order valence-electron chi connectivity index (χ3n) is 5.84. The monoisotopic (exact) mass is 468 g/mol. The maximum absolute atomic E-state index is 12.9. The van der Waals surface area contributed by atoms with E-state index in [9.17, 15) is 24.6 Å². The molecule has 1 aromatic heterocycles. The Morgan fingerprint density at radius 1 is 1.26 bits per heavy atom. The first-order valence-electron chi connectivity index (χ1n) is 11.6. The number of aliphatic hydroxyl groups excluding tert-OH is 1. The summed E-state index contributed by atoms with van der Waals surface area (Å²) in [5.74, 6) is -2.17. The summed E-state index contributed by atoms with van der Waals surface area (Å²) in [5, 5.41) is 25.3. The molecule has 2 aromatic rings. The molecule has 0 aliphatic carbocycles. The normalized spacial score (nSPS) is 17.4. The number of nitrogens with one attached hydrogen (secondary N) is 2. The number of hydrogen-bond acceptors (Lipinski definition) is 6. The predicted molar refractivity (Wildman–Crippen MR) is 127 cm³/mol. The van der Waals surface area contributed by atoms with Crippen LogP contribution in [0.1, 0.15) is 49.8 Å². The Morgan fingerprint density at radius 2 is 2.09 bits per heavy atom. The molecule has 1 aliphatic rings. The van der Waals surface area contributed by atoms with Crippen LogP contribution in [0.25, 0.3) is 0 Å². The maximum Gasteiger partial charge on any atom is 0.305 e. The summed E-state index contributed by atoms with van der Waals surface area (Å²) < 4.78 is 0. The van der Waals surface area contributed by atoms with E-state index in [-0.39, 0.29) is 31.2 Å². The van der Waals surface area contributed by atoms with Crippen molar-refractivity contribution in [3.8, 4) is 0 Å². The van der Waals surface area contributed by atoms with Gasteiger partial charge in [0.05, 0.1) is 18.4 Å². The zero-order valence-electron chi connectivity index (χ0n) is 19.3. The van der Waals surface area contributed by atoms with Gasteiger partial charge in [-0.15, -0.1) is 0 Å². The zero-order valence-corrected chi connectivity index (χ0v) is 19.3. The van der Waals surface area contributed by atoms with Crippen LogP contribution < -0.4 is 15.5 Å². The molecule has 0 saturated carbocycles. The Balaban J connectivity index is 1.64. The average molecular weight is 469 g/mol. The van der Waals surface area contributed by atoms with Crippen molar-refractivity contribution in [3.05, 3.63) is 59.9 Å². The fourth-order valence-electron chi connectivity index (χ4n) is 4.02. The van der Waals surface area contributed by atoms with Gasteiger partial charge in [-0.1, -0.05) is 31.5 Å². The van der Waals surface area contributed by atoms with Crippen LogP contribution in [0.15, 0.2) is 48.8 Å². The smallest absolute Gasteiger partial charge is 0.305 e. The van der Waals surface area contributed by atoms with Crippen LogP contribution in [0, 0.1) is 5.92 Å². The highest BCUT2D eigenvalue weighted by atomic mass is 16.4. The highest BCUT2D eigenvalue weighted by Crippen LogP contribution is 2.27. The van der Waals surface area contributed by atoms with Gasteiger partial charge in [-0.3, -0.25) is 24.7 Å². The van der Waals surface area contributed by atoms with E-state index in [0.29, 0.717) is 17.7 Å². The van der Waals surface area contributed by atoms with Crippen LogP contribution >= 0.6 is 0 Å². The number of amides is 2. The fourth-order valence-corrected chi connectivity index (χ4v) is 4.02. The Hall–Kier alpha value is -3.30. The van der Waals surface area contributed by atoms with Crippen LogP contribution in [-0.2, 0) is 20.8 Å². The van der Waals surface area contributed by atoms with Crippen molar-refractivity contribution in [2.75, 3.05) is 18.0 Å². The molecule has 1 saturated heterocycles. The number of carboxylic acid groups (broad SMARTS) is 1. The molecule has 0 bridgehead atoms. The number of rotatable bonds is 12. The second-order valence-corrected chi connectivity index (χ2v) is 8.55. The lowest BCUT2D eigenvalue weighted by Crippen LogP contribution is -2.36. The van der Waals surface area contributed by atoms with Gasteiger partial charge >= 0.3 is 5.97 Å². The van der Waals surface area contributed by atoms with E-state index in [1.807, 2.05) is 18.2 Å². The molecule has 1 fully saturated rings. The molecule has 3 rings (SSSR count). The molecule has 3 unspecified atom stereocenters. The molecule has 4 N–H and O–H groups in total. The molecule has 1 aromatic carbocycles. The molecule has 9 heteroatoms. The number of anilines is 1. The van der Waals surface area contributed by atoms with Crippen LogP contribution in [0.2, 0.25) is 0 Å². The van der Waals surface area contributed by atoms with E-state index >= 15 is 0 Å². The van der Waals surface area contributed by atoms with Crippen LogP contribution in [0.3, 0.4) is 0 Å². The number of unbranched alkanes of at least 4 members (excludes halogenated alkanes) is 1. The molecule has 0 radical (unpaired) electrons. The molecule has 2 heterocycles. The number of nitrogens with zero attached hydrogens (tertiary/aromatic N) is 2. The molecule has 3 atom stereocenters. The highest BCUT2D eigenvalue weighted by Gasteiger charge is 2.36. The van der Waals surface area contributed by atoms with Crippen LogP contribution in [0.5, 0.6) is 0 Å². The van der Waals surface area contributed by atoms with Crippen molar-refractivity contribution >= 4 is 23.5 Å². The first kappa shape index (κ1) is 25.3. The number of pyridine rings is 1. The lowest BCUT2D eigenvalue weighted by Gasteiger charge is -2.21. The minimum atomic E-state index is -1.04. The SMILES string of the molecule is CCCCNC(O)Cc1cccc(N2CC(C(=O)NC(CC(=O)O)c3cccnc3)CC2=O)c1. The largest absolute Gasteiger partial charge is 0.481 e. The number of carbonyl (C=O) groups excluding carboxylic acids is 2. The summed E-state index contributed by atoms with van der Waals surface area (Å²) in [6.45, 7) is 3.03. The Morgan fingerprint density at radius 3 is 2.79 bits per heavy atom. The summed E-state index contributed by atoms with van der Waals surface area (Å²) in [6.07, 6.45) is 4.63. The van der Waals surface area contributed by atoms with Crippen molar-refractivity contribution < 1.29 is 24.6 Å². The molecule has 0 spiro atoms. The predicted octanol–water partition coefficient (Wildman–Crippen LogP) is 2.02. The van der Waals surface area contributed by atoms with Gasteiger partial charge in [-0.2, -0.15) is 0 Å². The van der Waals surface area contributed by atoms with E-state index in [0.717, 1.165) is 24.9 Å². The lowest BCUT2D eigenvalue weighted by molar-refractivity contribution is -0.138. The zero-order chi connectivity index (χ0) is 24.5. The fraction of sp³-hybridized carbons (Fsp3) is 0.440. The molecular weight excluding hydrogens is 436 g/mol. The quantitative estimate of drug-likeness (QED) is 0.277. The number of hydrogen-bond donors (Lipinski definition) is 4. The number of aliphatic carboxylic acids is 1. The molecular formula is C25H32N4O5. The minimum absolute atomic E-state index is 0.0457. The third kappa shape index (κ3) is 7.10. The molecule has 9 nitrogen and oxygen atoms in total. The van der Waals surface area contributed by atoms with Crippen molar-refractivity contribution in [2.45, 2.75) is 51.3 Å². The summed E-state index contributed by atoms with van der Waals surface area (Å²) in [5.41, 5.74) is 2.15. The molecule has 2 amide bonds. The summed E-state index contributed by atoms with van der Waals surface area (Å²) >= 11 is 0. The van der Waals surface area contributed by atoms with Crippen molar-refractivity contribution in [1.82, 2.24) is 15.6 Å². The van der Waals surface area contributed by atoms with Crippen molar-refractivity contribution in [2.24, 2.45) is 5.92 Å². The molecule has 34 heavy (non-hydrogen) atoms. The minimum Gasteiger partial charge on any atom is -0.481 e. The Bertz CT molecular complexity index is 984. The standard InChI is InChI=1S/C25H32N4O5/c1-2-3-10-27-22(30)12-17-6-4-8-20(11-17)29-16-19(13-23(29)31)25(34)28-21(14-24(32)33)18-7-5-9-26-15-18/h4-9,11,15,19,21-22,27,30H,2-3,10,12-14,16H2,1H3,(H,28,34)(H,32,33). The lowest BCUT2D eigenvalue weighted by atomic mass is 10.0. The second-order valence-electron chi connectivity index (χ2n) is 8.55. The average Bonchev–Trinajstić information content (AvgIpc) is 3.21. The van der Waals surface area contributed by atoms with Gasteiger partial charge < -0.3 is 20.4 Å². The number of aromatic nitrogens is 1. The van der Waals surface area contributed by atoms with Gasteiger partial charge in [-0.05, 0) is 42.3 Å². The highest BCUT2D eigenvalue weighted by molar-refractivity contribution is 6.00. The van der Waals surface area contributed by atoms with Crippen LogP contribution in [-0.4, -0.2) is 52.3 Å². The van der Waals surface area contributed by atoms with Crippen molar-refractivity contribution in [3.63, 3.8) is 0 Å². The first-order valence-corrected chi connectivity index (χ1v) is 11.6. The summed E-state index contributed by atoms with van der Waals surface area (Å²) in [4.78, 5) is 42.5. The maximum atomic E-state index is 12.9. The van der Waals surface area contributed by atoms with Gasteiger partial charge in [0.15, 0.2) is 0 Å². The Kier molecular flexibility index (Phi) is 9.12. The topological polar surface area (TPSA) is 132 Å². The third-order valence-corrected chi connectivity index (χ3v) is 5.84. The number of carboxylic acids is 1. The number of benzene rings is 1. The summed E-state index contributed by atoms with van der Waals surface area (Å²) in [7, 11) is 0. The number of aliphatic hydroxyl groups is 1. The van der Waals surface area contributed by atoms with E-state index in [1.165, 1.54) is 6.20 Å². The van der Waals surface area contributed by atoms with Gasteiger partial charge in [0.1, 0.15) is 6.23 Å². The molecule has 182 valence electrons. The van der Waals surface area contributed by atoms with Gasteiger partial charge in [0.25, 0.3) is 0 Å². The van der Waals surface area contributed by atoms with Gasteiger partial charge in [0.2, 0.25) is 11.8 Å². The molecule has 1 aliphatic heterocycles. The Labute approximate surface area is 199 Å². The van der Waals surface area contributed by atoms with Gasteiger partial charge in [0, 0.05) is 37.5 Å². The van der Waals surface area contributed by atoms with E-state index < -0.39 is 24.2 Å². The van der Waals surface area contributed by atoms with E-state index in [4.69, 9.17) is 0 Å². The van der Waals surface area contributed by atoms with Crippen molar-refractivity contribution in [1.29, 1.82) is 0 Å².